The van der Waals surface area contributed by atoms with Crippen molar-refractivity contribution in [3.05, 3.63) is 21.3 Å². The lowest BCUT2D eigenvalue weighted by Crippen LogP contribution is -2.53. The molecule has 1 spiro atoms. The second-order valence-electron chi connectivity index (χ2n) is 6.77. The van der Waals surface area contributed by atoms with Crippen molar-refractivity contribution >= 4 is 22.9 Å². The summed E-state index contributed by atoms with van der Waals surface area (Å²) in [4.78, 5) is 0. The van der Waals surface area contributed by atoms with Gasteiger partial charge in [0.15, 0.2) is 0 Å². The van der Waals surface area contributed by atoms with Crippen LogP contribution in [0.15, 0.2) is 11.4 Å². The number of hydrogen-bond acceptors (Lipinski definition) is 3. The molecule has 1 saturated carbocycles. The summed E-state index contributed by atoms with van der Waals surface area (Å²) in [6, 6.07) is 2.05. The van der Waals surface area contributed by atoms with Gasteiger partial charge in [-0.15, -0.1) is 11.3 Å². The first kappa shape index (κ1) is 13.9. The quantitative estimate of drug-likeness (QED) is 0.830. The van der Waals surface area contributed by atoms with Crippen molar-refractivity contribution in [2.75, 3.05) is 13.1 Å². The van der Waals surface area contributed by atoms with E-state index in [9.17, 15) is 0 Å². The van der Waals surface area contributed by atoms with Crippen LogP contribution >= 0.6 is 22.9 Å². The molecule has 1 aliphatic heterocycles. The fraction of sp³-hybridized carbons (Fsp3) is 0.733. The van der Waals surface area contributed by atoms with E-state index in [1.807, 2.05) is 6.07 Å². The van der Waals surface area contributed by atoms with Gasteiger partial charge in [0.25, 0.3) is 0 Å². The van der Waals surface area contributed by atoms with Gasteiger partial charge in [-0.3, -0.25) is 0 Å². The van der Waals surface area contributed by atoms with Gasteiger partial charge in [0, 0.05) is 13.1 Å². The minimum atomic E-state index is 0.0485. The van der Waals surface area contributed by atoms with Crippen LogP contribution in [0.1, 0.15) is 51.2 Å². The Morgan fingerprint density at radius 1 is 1.32 bits per heavy atom. The number of thiophene rings is 1. The maximum Gasteiger partial charge on any atom is 0.0965 e. The zero-order chi connectivity index (χ0) is 13.5. The Morgan fingerprint density at radius 3 is 2.68 bits per heavy atom. The highest BCUT2D eigenvalue weighted by Crippen LogP contribution is 2.45. The van der Waals surface area contributed by atoms with Crippen LogP contribution in [0.5, 0.6) is 0 Å². The number of morpholine rings is 1. The SMILES string of the molecule is CC1(C)CCC2(CC1)CNCC(c1csc(Cl)c1)O2. The van der Waals surface area contributed by atoms with Crippen molar-refractivity contribution in [1.82, 2.24) is 5.32 Å². The summed E-state index contributed by atoms with van der Waals surface area (Å²) in [5.41, 5.74) is 1.76. The molecule has 19 heavy (non-hydrogen) atoms. The van der Waals surface area contributed by atoms with Gasteiger partial charge in [-0.05, 0) is 48.1 Å². The first-order chi connectivity index (χ1) is 8.98. The summed E-state index contributed by atoms with van der Waals surface area (Å²) in [7, 11) is 0. The number of hydrogen-bond donors (Lipinski definition) is 1. The molecular formula is C15H22ClNOS. The van der Waals surface area contributed by atoms with Gasteiger partial charge in [0.05, 0.1) is 16.0 Å². The van der Waals surface area contributed by atoms with Crippen molar-refractivity contribution in [2.45, 2.75) is 51.2 Å². The van der Waals surface area contributed by atoms with Gasteiger partial charge in [-0.1, -0.05) is 25.4 Å². The van der Waals surface area contributed by atoms with Crippen LogP contribution in [0.3, 0.4) is 0 Å². The fourth-order valence-electron chi connectivity index (χ4n) is 3.17. The van der Waals surface area contributed by atoms with Crippen LogP contribution in [-0.2, 0) is 4.74 Å². The van der Waals surface area contributed by atoms with Gasteiger partial charge in [0.2, 0.25) is 0 Å². The largest absolute Gasteiger partial charge is 0.364 e. The van der Waals surface area contributed by atoms with Gasteiger partial charge < -0.3 is 10.1 Å². The van der Waals surface area contributed by atoms with E-state index in [1.165, 1.54) is 31.2 Å². The second kappa shape index (κ2) is 5.03. The highest BCUT2D eigenvalue weighted by Gasteiger charge is 2.42. The van der Waals surface area contributed by atoms with Crippen LogP contribution in [-0.4, -0.2) is 18.7 Å². The summed E-state index contributed by atoms with van der Waals surface area (Å²) >= 11 is 7.63. The normalized spacial score (nSPS) is 29.5. The van der Waals surface area contributed by atoms with Crippen LogP contribution < -0.4 is 5.32 Å². The third kappa shape index (κ3) is 2.99. The molecule has 0 aromatic carbocycles. The van der Waals surface area contributed by atoms with Crippen LogP contribution in [0, 0.1) is 5.41 Å². The Labute approximate surface area is 124 Å². The Morgan fingerprint density at radius 2 is 2.05 bits per heavy atom. The number of ether oxygens (including phenoxy) is 1. The van der Waals surface area contributed by atoms with E-state index >= 15 is 0 Å². The van der Waals surface area contributed by atoms with E-state index in [0.29, 0.717) is 5.41 Å². The highest BCUT2D eigenvalue weighted by molar-refractivity contribution is 7.14. The molecule has 0 radical (unpaired) electrons. The van der Waals surface area contributed by atoms with E-state index in [2.05, 4.69) is 24.5 Å². The molecule has 2 nitrogen and oxygen atoms in total. The zero-order valence-electron chi connectivity index (χ0n) is 11.7. The molecule has 0 bridgehead atoms. The minimum absolute atomic E-state index is 0.0485. The summed E-state index contributed by atoms with van der Waals surface area (Å²) in [6.07, 6.45) is 5.01. The number of halogens is 1. The van der Waals surface area contributed by atoms with E-state index in [0.717, 1.165) is 17.4 Å². The Bertz CT molecular complexity index is 447. The highest BCUT2D eigenvalue weighted by atomic mass is 35.5. The van der Waals surface area contributed by atoms with E-state index < -0.39 is 0 Å². The summed E-state index contributed by atoms with van der Waals surface area (Å²) < 4.78 is 7.34. The molecule has 2 fully saturated rings. The first-order valence-electron chi connectivity index (χ1n) is 7.11. The zero-order valence-corrected chi connectivity index (χ0v) is 13.2. The van der Waals surface area contributed by atoms with Crippen molar-refractivity contribution < 1.29 is 4.74 Å². The lowest BCUT2D eigenvalue weighted by molar-refractivity contribution is -0.147. The maximum absolute atomic E-state index is 6.49. The summed E-state index contributed by atoms with van der Waals surface area (Å²) in [5.74, 6) is 0. The van der Waals surface area contributed by atoms with Crippen molar-refractivity contribution in [3.63, 3.8) is 0 Å². The lowest BCUT2D eigenvalue weighted by atomic mass is 9.70. The molecule has 0 amide bonds. The third-order valence-corrected chi connectivity index (χ3v) is 5.75. The monoisotopic (exact) mass is 299 g/mol. The molecule has 1 aliphatic carbocycles. The summed E-state index contributed by atoms with van der Waals surface area (Å²) in [5, 5.41) is 5.69. The molecule has 1 saturated heterocycles. The fourth-order valence-corrected chi connectivity index (χ4v) is 4.10. The summed E-state index contributed by atoms with van der Waals surface area (Å²) in [6.45, 7) is 6.63. The number of nitrogens with one attached hydrogen (secondary N) is 1. The maximum atomic E-state index is 6.49. The van der Waals surface area contributed by atoms with Crippen molar-refractivity contribution in [1.29, 1.82) is 0 Å². The average Bonchev–Trinajstić information content (AvgIpc) is 2.81. The first-order valence-corrected chi connectivity index (χ1v) is 8.36. The standard InChI is InChI=1S/C15H22ClNOS/c1-14(2)3-5-15(6-4-14)10-17-8-12(18-15)11-7-13(16)19-9-11/h7,9,12,17H,3-6,8,10H2,1-2H3. The smallest absolute Gasteiger partial charge is 0.0965 e. The molecule has 3 rings (SSSR count). The lowest BCUT2D eigenvalue weighted by Gasteiger charge is -2.48. The molecule has 1 aromatic rings. The Hall–Kier alpha value is -0.0900. The molecule has 1 unspecified atom stereocenters. The van der Waals surface area contributed by atoms with E-state index in [1.54, 1.807) is 11.3 Å². The molecular weight excluding hydrogens is 278 g/mol. The van der Waals surface area contributed by atoms with Gasteiger partial charge in [-0.2, -0.15) is 0 Å². The number of rotatable bonds is 1. The van der Waals surface area contributed by atoms with Gasteiger partial charge in [0.1, 0.15) is 0 Å². The van der Waals surface area contributed by atoms with Gasteiger partial charge in [-0.25, -0.2) is 0 Å². The van der Waals surface area contributed by atoms with E-state index in [-0.39, 0.29) is 11.7 Å². The van der Waals surface area contributed by atoms with E-state index in [4.69, 9.17) is 16.3 Å². The second-order valence-corrected chi connectivity index (χ2v) is 8.31. The Kier molecular flexibility index (Phi) is 3.67. The minimum Gasteiger partial charge on any atom is -0.364 e. The predicted molar refractivity (Wildman–Crippen MR) is 81.0 cm³/mol. The topological polar surface area (TPSA) is 21.3 Å². The average molecular weight is 300 g/mol. The van der Waals surface area contributed by atoms with Crippen LogP contribution in [0.2, 0.25) is 4.34 Å². The van der Waals surface area contributed by atoms with Crippen molar-refractivity contribution in [3.8, 4) is 0 Å². The predicted octanol–water partition coefficient (Wildman–Crippen LogP) is 4.40. The molecule has 4 heteroatoms. The molecule has 1 aromatic heterocycles. The molecule has 106 valence electrons. The van der Waals surface area contributed by atoms with Crippen molar-refractivity contribution in [2.24, 2.45) is 5.41 Å². The molecule has 2 heterocycles. The van der Waals surface area contributed by atoms with Crippen LogP contribution in [0.4, 0.5) is 0 Å². The molecule has 1 atom stereocenters. The third-order valence-electron chi connectivity index (χ3n) is 4.64. The van der Waals surface area contributed by atoms with Gasteiger partial charge >= 0.3 is 0 Å². The molecule has 2 aliphatic rings. The van der Waals surface area contributed by atoms with Crippen LogP contribution in [0.25, 0.3) is 0 Å². The molecule has 1 N–H and O–H groups in total. The Balaban J connectivity index is 1.71.